The number of carbonyl (C=O) groups is 2. The molecule has 1 fully saturated rings. The van der Waals surface area contributed by atoms with E-state index >= 15 is 0 Å². The van der Waals surface area contributed by atoms with Crippen molar-refractivity contribution >= 4 is 23.8 Å². The van der Waals surface area contributed by atoms with Gasteiger partial charge in [0.1, 0.15) is 0 Å². The van der Waals surface area contributed by atoms with Crippen LogP contribution in [0.3, 0.4) is 0 Å². The standard InChI is InChI=1S/C16H19N5O4S/c1-2-24-16(23)21-8-6-20(7-9-21)13(22)11-26-15-19-18-14(25-15)12-4-3-5-17-10-12/h3-5,10H,2,6-9,11H2,1H3. The molecule has 2 amide bonds. The van der Waals surface area contributed by atoms with E-state index < -0.39 is 0 Å². The molecule has 3 heterocycles. The Labute approximate surface area is 154 Å². The van der Waals surface area contributed by atoms with Crippen molar-refractivity contribution in [3.63, 3.8) is 0 Å². The molecule has 0 spiro atoms. The van der Waals surface area contributed by atoms with Gasteiger partial charge in [0, 0.05) is 38.6 Å². The van der Waals surface area contributed by atoms with Gasteiger partial charge in [-0.05, 0) is 19.1 Å². The van der Waals surface area contributed by atoms with Gasteiger partial charge in [-0.2, -0.15) is 0 Å². The molecule has 1 aliphatic heterocycles. The van der Waals surface area contributed by atoms with Crippen molar-refractivity contribution < 1.29 is 18.7 Å². The van der Waals surface area contributed by atoms with Gasteiger partial charge in [0.15, 0.2) is 0 Å². The molecule has 0 bridgehead atoms. The molecule has 0 aromatic carbocycles. The van der Waals surface area contributed by atoms with Gasteiger partial charge in [0.2, 0.25) is 11.8 Å². The molecular formula is C16H19N5O4S. The van der Waals surface area contributed by atoms with Gasteiger partial charge in [-0.3, -0.25) is 9.78 Å². The molecule has 1 saturated heterocycles. The molecule has 9 nitrogen and oxygen atoms in total. The smallest absolute Gasteiger partial charge is 0.409 e. The molecule has 2 aromatic heterocycles. The first-order valence-corrected chi connectivity index (χ1v) is 9.22. The highest BCUT2D eigenvalue weighted by Crippen LogP contribution is 2.22. The summed E-state index contributed by atoms with van der Waals surface area (Å²) in [6.45, 7) is 4.04. The number of hydrogen-bond acceptors (Lipinski definition) is 8. The molecule has 2 aromatic rings. The Bertz CT molecular complexity index is 746. The summed E-state index contributed by atoms with van der Waals surface area (Å²) in [5, 5.41) is 8.24. The van der Waals surface area contributed by atoms with E-state index in [1.54, 1.807) is 35.2 Å². The Morgan fingerprint density at radius 2 is 2.00 bits per heavy atom. The van der Waals surface area contributed by atoms with E-state index in [0.717, 1.165) is 5.56 Å². The van der Waals surface area contributed by atoms with Crippen molar-refractivity contribution in [2.24, 2.45) is 0 Å². The number of thioether (sulfide) groups is 1. The summed E-state index contributed by atoms with van der Waals surface area (Å²) >= 11 is 1.20. The van der Waals surface area contributed by atoms with Crippen molar-refractivity contribution in [1.29, 1.82) is 0 Å². The minimum absolute atomic E-state index is 0.0281. The second-order valence-corrected chi connectivity index (χ2v) is 6.40. The van der Waals surface area contributed by atoms with Crippen molar-refractivity contribution in [2.45, 2.75) is 12.1 Å². The maximum Gasteiger partial charge on any atom is 0.409 e. The number of amides is 2. The highest BCUT2D eigenvalue weighted by molar-refractivity contribution is 7.99. The Hall–Kier alpha value is -2.62. The van der Waals surface area contributed by atoms with Gasteiger partial charge in [0.25, 0.3) is 5.22 Å². The largest absolute Gasteiger partial charge is 0.450 e. The van der Waals surface area contributed by atoms with E-state index in [1.807, 2.05) is 6.07 Å². The summed E-state index contributed by atoms with van der Waals surface area (Å²) < 4.78 is 10.5. The van der Waals surface area contributed by atoms with Gasteiger partial charge in [0.05, 0.1) is 17.9 Å². The quantitative estimate of drug-likeness (QED) is 0.723. The molecule has 138 valence electrons. The van der Waals surface area contributed by atoms with E-state index in [9.17, 15) is 9.59 Å². The van der Waals surface area contributed by atoms with Crippen LogP contribution in [0.4, 0.5) is 4.79 Å². The first-order chi connectivity index (χ1) is 12.7. The lowest BCUT2D eigenvalue weighted by atomic mass is 10.3. The van der Waals surface area contributed by atoms with Gasteiger partial charge in [-0.1, -0.05) is 11.8 Å². The summed E-state index contributed by atoms with van der Waals surface area (Å²) in [7, 11) is 0. The molecular weight excluding hydrogens is 358 g/mol. The minimum Gasteiger partial charge on any atom is -0.450 e. The average molecular weight is 377 g/mol. The van der Waals surface area contributed by atoms with Crippen molar-refractivity contribution in [3.05, 3.63) is 24.5 Å². The number of carbonyl (C=O) groups excluding carboxylic acids is 2. The SMILES string of the molecule is CCOC(=O)N1CCN(C(=O)CSc2nnc(-c3cccnc3)o2)CC1. The van der Waals surface area contributed by atoms with Crippen LogP contribution in [0.15, 0.2) is 34.2 Å². The van der Waals surface area contributed by atoms with Gasteiger partial charge >= 0.3 is 6.09 Å². The van der Waals surface area contributed by atoms with Gasteiger partial charge < -0.3 is 19.0 Å². The van der Waals surface area contributed by atoms with E-state index in [1.165, 1.54) is 11.8 Å². The molecule has 0 aliphatic carbocycles. The number of ether oxygens (including phenoxy) is 1. The zero-order valence-electron chi connectivity index (χ0n) is 14.3. The van der Waals surface area contributed by atoms with E-state index in [2.05, 4.69) is 15.2 Å². The maximum absolute atomic E-state index is 12.3. The highest BCUT2D eigenvalue weighted by atomic mass is 32.2. The molecule has 0 N–H and O–H groups in total. The number of hydrogen-bond donors (Lipinski definition) is 0. The fraction of sp³-hybridized carbons (Fsp3) is 0.438. The van der Waals surface area contributed by atoms with Crippen LogP contribution in [0.5, 0.6) is 0 Å². The predicted molar refractivity (Wildman–Crippen MR) is 93.4 cm³/mol. The van der Waals surface area contributed by atoms with Crippen molar-refractivity contribution in [2.75, 3.05) is 38.5 Å². The molecule has 1 aliphatic rings. The van der Waals surface area contributed by atoms with Gasteiger partial charge in [-0.25, -0.2) is 4.79 Å². The van der Waals surface area contributed by atoms with Crippen LogP contribution in [0.1, 0.15) is 6.92 Å². The van der Waals surface area contributed by atoms with Crippen LogP contribution in [0, 0.1) is 0 Å². The summed E-state index contributed by atoms with van der Waals surface area (Å²) in [6.07, 6.45) is 2.97. The normalized spacial score (nSPS) is 14.3. The second-order valence-electron chi connectivity index (χ2n) is 5.47. The summed E-state index contributed by atoms with van der Waals surface area (Å²) in [5.41, 5.74) is 0.730. The maximum atomic E-state index is 12.3. The molecule has 0 saturated carbocycles. The fourth-order valence-corrected chi connectivity index (χ4v) is 3.11. The zero-order chi connectivity index (χ0) is 18.4. The Balaban J connectivity index is 1.46. The topological polar surface area (TPSA) is 102 Å². The van der Waals surface area contributed by atoms with Crippen LogP contribution in [0.2, 0.25) is 0 Å². The summed E-state index contributed by atoms with van der Waals surface area (Å²) in [5.74, 6) is 0.546. The lowest BCUT2D eigenvalue weighted by Crippen LogP contribution is -2.51. The Morgan fingerprint density at radius 3 is 2.69 bits per heavy atom. The van der Waals surface area contributed by atoms with Crippen LogP contribution < -0.4 is 0 Å². The second kappa shape index (κ2) is 8.65. The Morgan fingerprint density at radius 1 is 1.23 bits per heavy atom. The van der Waals surface area contributed by atoms with Crippen LogP contribution >= 0.6 is 11.8 Å². The van der Waals surface area contributed by atoms with Crippen LogP contribution in [-0.2, 0) is 9.53 Å². The van der Waals surface area contributed by atoms with Crippen molar-refractivity contribution in [3.8, 4) is 11.5 Å². The molecule has 26 heavy (non-hydrogen) atoms. The molecule has 0 radical (unpaired) electrons. The minimum atomic E-state index is -0.331. The number of piperazine rings is 1. The number of pyridine rings is 1. The molecule has 10 heteroatoms. The lowest BCUT2D eigenvalue weighted by Gasteiger charge is -2.33. The predicted octanol–water partition coefficient (Wildman–Crippen LogP) is 1.52. The van der Waals surface area contributed by atoms with E-state index in [0.29, 0.717) is 43.9 Å². The monoisotopic (exact) mass is 377 g/mol. The molecule has 0 atom stereocenters. The first-order valence-electron chi connectivity index (χ1n) is 8.23. The molecule has 0 unspecified atom stereocenters. The van der Waals surface area contributed by atoms with E-state index in [-0.39, 0.29) is 17.8 Å². The Kier molecular flexibility index (Phi) is 6.05. The summed E-state index contributed by atoms with van der Waals surface area (Å²) in [6, 6.07) is 3.61. The number of aromatic nitrogens is 3. The van der Waals surface area contributed by atoms with Gasteiger partial charge in [-0.15, -0.1) is 10.2 Å². The van der Waals surface area contributed by atoms with E-state index in [4.69, 9.17) is 9.15 Å². The first kappa shape index (κ1) is 18.2. The number of rotatable bonds is 5. The fourth-order valence-electron chi connectivity index (χ4n) is 2.44. The third-order valence-electron chi connectivity index (χ3n) is 3.79. The lowest BCUT2D eigenvalue weighted by molar-refractivity contribution is -0.129. The molecule has 3 rings (SSSR count). The summed E-state index contributed by atoms with van der Waals surface area (Å²) in [4.78, 5) is 31.3. The third-order valence-corrected chi connectivity index (χ3v) is 4.60. The number of nitrogens with zero attached hydrogens (tertiary/aromatic N) is 5. The average Bonchev–Trinajstić information content (AvgIpc) is 3.16. The zero-order valence-corrected chi connectivity index (χ0v) is 15.1. The van der Waals surface area contributed by atoms with Crippen molar-refractivity contribution in [1.82, 2.24) is 25.0 Å². The highest BCUT2D eigenvalue weighted by Gasteiger charge is 2.25. The third kappa shape index (κ3) is 4.51. The van der Waals surface area contributed by atoms with Crippen LogP contribution in [0.25, 0.3) is 11.5 Å². The van der Waals surface area contributed by atoms with Crippen LogP contribution in [-0.4, -0.2) is 75.5 Å².